The number of hydrogen-bond acceptors (Lipinski definition) is 3. The Kier molecular flexibility index (Phi) is 4.15. The van der Waals surface area contributed by atoms with Crippen molar-refractivity contribution in [1.82, 2.24) is 0 Å². The van der Waals surface area contributed by atoms with E-state index >= 15 is 0 Å². The highest BCUT2D eigenvalue weighted by Crippen LogP contribution is 2.50. The fraction of sp³-hybridized carbons (Fsp3) is 0.167. The molecule has 136 valence electrons. The number of methoxy groups -OCH3 is 1. The summed E-state index contributed by atoms with van der Waals surface area (Å²) in [6, 6.07) is 23.4. The number of ether oxygens (including phenoxy) is 2. The molecule has 0 radical (unpaired) electrons. The highest BCUT2D eigenvalue weighted by molar-refractivity contribution is 6.04. The Labute approximate surface area is 159 Å². The largest absolute Gasteiger partial charge is 0.507 e. The van der Waals surface area contributed by atoms with Crippen LogP contribution in [0.15, 0.2) is 72.8 Å². The third-order valence-electron chi connectivity index (χ3n) is 4.91. The van der Waals surface area contributed by atoms with Gasteiger partial charge in [-0.15, -0.1) is 0 Å². The second kappa shape index (κ2) is 6.51. The minimum atomic E-state index is -0.585. The molecule has 0 amide bonds. The zero-order valence-corrected chi connectivity index (χ0v) is 15.7. The molecule has 27 heavy (non-hydrogen) atoms. The second-order valence-electron chi connectivity index (χ2n) is 7.11. The van der Waals surface area contributed by atoms with E-state index < -0.39 is 5.60 Å². The van der Waals surface area contributed by atoms with Crippen LogP contribution in [0.3, 0.4) is 0 Å². The van der Waals surface area contributed by atoms with Crippen LogP contribution in [-0.4, -0.2) is 17.8 Å². The van der Waals surface area contributed by atoms with Crippen LogP contribution in [0.5, 0.6) is 17.2 Å². The summed E-state index contributed by atoms with van der Waals surface area (Å²) in [6.07, 6.45) is 0. The number of phenols is 1. The summed E-state index contributed by atoms with van der Waals surface area (Å²) >= 11 is 0. The molecular weight excluding hydrogens is 336 g/mol. The average molecular weight is 358 g/mol. The predicted octanol–water partition coefficient (Wildman–Crippen LogP) is 5.53. The molecule has 0 aromatic heterocycles. The van der Waals surface area contributed by atoms with Gasteiger partial charge in [0.05, 0.1) is 7.11 Å². The van der Waals surface area contributed by atoms with Crippen molar-refractivity contribution >= 4 is 11.1 Å². The van der Waals surface area contributed by atoms with Gasteiger partial charge in [-0.25, -0.2) is 0 Å². The summed E-state index contributed by atoms with van der Waals surface area (Å²) in [4.78, 5) is 0. The molecule has 1 aliphatic rings. The molecule has 4 rings (SSSR count). The molecule has 3 heteroatoms. The lowest BCUT2D eigenvalue weighted by molar-refractivity contribution is 0.168. The van der Waals surface area contributed by atoms with Crippen LogP contribution in [-0.2, 0) is 0 Å². The molecule has 0 bridgehead atoms. The van der Waals surface area contributed by atoms with E-state index in [9.17, 15) is 5.11 Å². The number of phenolic OH excluding ortho intramolecular Hbond substituents is 1. The SMILES string of the molecule is COc1ccc2c(c1)OC(C)(C)C(c1ccccc1)=C2c1ccccc1O. The van der Waals surface area contributed by atoms with Crippen LogP contribution < -0.4 is 9.47 Å². The average Bonchev–Trinajstić information content (AvgIpc) is 2.67. The van der Waals surface area contributed by atoms with Crippen molar-refractivity contribution in [2.75, 3.05) is 7.11 Å². The standard InChI is InChI=1S/C24H22O3/c1-24(2)23(16-9-5-4-6-10-16)22(18-11-7-8-12-20(18)25)19-14-13-17(26-3)15-21(19)27-24/h4-15,25H,1-3H3. The lowest BCUT2D eigenvalue weighted by Gasteiger charge is -2.38. The van der Waals surface area contributed by atoms with Gasteiger partial charge in [-0.3, -0.25) is 0 Å². The van der Waals surface area contributed by atoms with E-state index in [0.29, 0.717) is 0 Å². The molecule has 3 aromatic carbocycles. The number of hydrogen-bond donors (Lipinski definition) is 1. The molecule has 0 aliphatic carbocycles. The van der Waals surface area contributed by atoms with E-state index in [2.05, 4.69) is 26.0 Å². The van der Waals surface area contributed by atoms with Crippen LogP contribution in [0.2, 0.25) is 0 Å². The smallest absolute Gasteiger partial charge is 0.132 e. The van der Waals surface area contributed by atoms with E-state index in [1.165, 1.54) is 0 Å². The molecule has 0 spiro atoms. The Hall–Kier alpha value is -3.20. The normalized spacial score (nSPS) is 15.1. The lowest BCUT2D eigenvalue weighted by Crippen LogP contribution is -2.34. The molecule has 1 heterocycles. The van der Waals surface area contributed by atoms with E-state index in [4.69, 9.17) is 9.47 Å². The third kappa shape index (κ3) is 2.95. The van der Waals surface area contributed by atoms with Gasteiger partial charge in [-0.1, -0.05) is 48.5 Å². The molecule has 0 unspecified atom stereocenters. The zero-order chi connectivity index (χ0) is 19.0. The Morgan fingerprint density at radius 1 is 0.852 bits per heavy atom. The van der Waals surface area contributed by atoms with Crippen molar-refractivity contribution in [3.05, 3.63) is 89.5 Å². The highest BCUT2D eigenvalue weighted by Gasteiger charge is 2.37. The number of fused-ring (bicyclic) bond motifs is 1. The predicted molar refractivity (Wildman–Crippen MR) is 108 cm³/mol. The monoisotopic (exact) mass is 358 g/mol. The van der Waals surface area contributed by atoms with Crippen LogP contribution in [0.25, 0.3) is 11.1 Å². The van der Waals surface area contributed by atoms with Crippen LogP contribution >= 0.6 is 0 Å². The Balaban J connectivity index is 2.10. The number of para-hydroxylation sites is 1. The number of benzene rings is 3. The summed E-state index contributed by atoms with van der Waals surface area (Å²) in [7, 11) is 1.64. The minimum absolute atomic E-state index is 0.250. The van der Waals surface area contributed by atoms with Crippen molar-refractivity contribution in [3.63, 3.8) is 0 Å². The molecule has 0 saturated heterocycles. The third-order valence-corrected chi connectivity index (χ3v) is 4.91. The summed E-state index contributed by atoms with van der Waals surface area (Å²) < 4.78 is 11.8. The molecule has 0 saturated carbocycles. The lowest BCUT2D eigenvalue weighted by atomic mass is 9.79. The first-order valence-corrected chi connectivity index (χ1v) is 8.97. The molecular formula is C24H22O3. The zero-order valence-electron chi connectivity index (χ0n) is 15.7. The molecule has 3 aromatic rings. The molecule has 1 N–H and O–H groups in total. The first-order valence-electron chi connectivity index (χ1n) is 8.97. The maximum atomic E-state index is 10.6. The summed E-state index contributed by atoms with van der Waals surface area (Å²) in [6.45, 7) is 4.11. The minimum Gasteiger partial charge on any atom is -0.507 e. The topological polar surface area (TPSA) is 38.7 Å². The summed E-state index contributed by atoms with van der Waals surface area (Å²) in [5.41, 5.74) is 4.24. The van der Waals surface area contributed by atoms with Gasteiger partial charge in [0.25, 0.3) is 0 Å². The van der Waals surface area contributed by atoms with E-state index in [-0.39, 0.29) is 5.75 Å². The highest BCUT2D eigenvalue weighted by atomic mass is 16.5. The van der Waals surface area contributed by atoms with E-state index in [1.807, 2.05) is 54.6 Å². The first-order chi connectivity index (χ1) is 13.0. The van der Waals surface area contributed by atoms with E-state index in [1.54, 1.807) is 13.2 Å². The van der Waals surface area contributed by atoms with Gasteiger partial charge in [0.1, 0.15) is 22.8 Å². The van der Waals surface area contributed by atoms with Gasteiger partial charge in [0.15, 0.2) is 0 Å². The number of aromatic hydroxyl groups is 1. The van der Waals surface area contributed by atoms with Crippen LogP contribution in [0.1, 0.15) is 30.5 Å². The molecule has 0 fully saturated rings. The molecule has 1 aliphatic heterocycles. The van der Waals surface area contributed by atoms with Gasteiger partial charge in [-0.05, 0) is 37.6 Å². The van der Waals surface area contributed by atoms with E-state index in [0.717, 1.165) is 39.3 Å². The van der Waals surface area contributed by atoms with Crippen LogP contribution in [0, 0.1) is 0 Å². The Morgan fingerprint density at radius 3 is 2.26 bits per heavy atom. The fourth-order valence-corrected chi connectivity index (χ4v) is 3.74. The van der Waals surface area contributed by atoms with Crippen molar-refractivity contribution in [3.8, 4) is 17.2 Å². The van der Waals surface area contributed by atoms with Gasteiger partial charge in [-0.2, -0.15) is 0 Å². The maximum absolute atomic E-state index is 10.6. The molecule has 3 nitrogen and oxygen atoms in total. The molecule has 0 atom stereocenters. The fourth-order valence-electron chi connectivity index (χ4n) is 3.74. The summed E-state index contributed by atoms with van der Waals surface area (Å²) in [5.74, 6) is 1.74. The van der Waals surface area contributed by atoms with Crippen LogP contribution in [0.4, 0.5) is 0 Å². The van der Waals surface area contributed by atoms with Crippen molar-refractivity contribution in [2.45, 2.75) is 19.4 Å². The quantitative estimate of drug-likeness (QED) is 0.669. The van der Waals surface area contributed by atoms with Crippen molar-refractivity contribution < 1.29 is 14.6 Å². The summed E-state index contributed by atoms with van der Waals surface area (Å²) in [5, 5.41) is 10.6. The van der Waals surface area contributed by atoms with Gasteiger partial charge < -0.3 is 14.6 Å². The van der Waals surface area contributed by atoms with Gasteiger partial charge in [0.2, 0.25) is 0 Å². The Morgan fingerprint density at radius 2 is 1.56 bits per heavy atom. The number of rotatable bonds is 3. The maximum Gasteiger partial charge on any atom is 0.132 e. The Bertz CT molecular complexity index is 1020. The van der Waals surface area contributed by atoms with Gasteiger partial charge >= 0.3 is 0 Å². The van der Waals surface area contributed by atoms with Crippen molar-refractivity contribution in [1.29, 1.82) is 0 Å². The van der Waals surface area contributed by atoms with Crippen molar-refractivity contribution in [2.24, 2.45) is 0 Å². The first kappa shape index (κ1) is 17.2. The second-order valence-corrected chi connectivity index (χ2v) is 7.11. The van der Waals surface area contributed by atoms with Gasteiger partial charge in [0, 0.05) is 28.3 Å².